The molecule has 0 radical (unpaired) electrons. The Morgan fingerprint density at radius 1 is 1.52 bits per heavy atom. The molecule has 0 bridgehead atoms. The van der Waals surface area contributed by atoms with Crippen LogP contribution in [-0.4, -0.2) is 26.1 Å². The Hall–Kier alpha value is -1.99. The van der Waals surface area contributed by atoms with Crippen molar-refractivity contribution in [3.63, 3.8) is 0 Å². The second-order valence-corrected chi connectivity index (χ2v) is 6.02. The molecule has 2 rings (SSSR count). The van der Waals surface area contributed by atoms with Gasteiger partial charge in [-0.2, -0.15) is 0 Å². The van der Waals surface area contributed by atoms with E-state index >= 15 is 0 Å². The van der Waals surface area contributed by atoms with Gasteiger partial charge in [0.05, 0.1) is 19.2 Å². The fraction of sp³-hybridized carbons (Fsp3) is 0.471. The first-order chi connectivity index (χ1) is 9.97. The molecule has 1 amide bonds. The van der Waals surface area contributed by atoms with E-state index in [2.05, 4.69) is 31.0 Å². The molecule has 0 aromatic heterocycles. The van der Waals surface area contributed by atoms with Crippen molar-refractivity contribution in [2.24, 2.45) is 17.1 Å². The van der Waals surface area contributed by atoms with Gasteiger partial charge >= 0.3 is 0 Å². The van der Waals surface area contributed by atoms with E-state index in [0.29, 0.717) is 28.2 Å². The first-order valence-electron chi connectivity index (χ1n) is 7.13. The van der Waals surface area contributed by atoms with Gasteiger partial charge in [-0.05, 0) is 36.0 Å². The molecular weight excluding hydrogens is 264 g/mol. The number of nitrogens with two attached hydrogens (primary N) is 1. The predicted octanol–water partition coefficient (Wildman–Crippen LogP) is 1.78. The second-order valence-electron chi connectivity index (χ2n) is 6.02. The summed E-state index contributed by atoms with van der Waals surface area (Å²) in [5.41, 5.74) is 7.03. The molecule has 0 spiro atoms. The minimum absolute atomic E-state index is 0.0730. The normalized spacial score (nSPS) is 18.4. The zero-order chi connectivity index (χ0) is 15.5. The highest BCUT2D eigenvalue weighted by Gasteiger charge is 2.45. The van der Waals surface area contributed by atoms with E-state index in [1.807, 2.05) is 0 Å². The molecule has 3 N–H and O–H groups in total. The van der Waals surface area contributed by atoms with Crippen molar-refractivity contribution >= 4 is 5.91 Å². The van der Waals surface area contributed by atoms with Crippen LogP contribution in [0.25, 0.3) is 0 Å². The SMILES string of the molecule is COc1ccc(C(=O)NCC2CC2(C)C)cc1C#CCN. The van der Waals surface area contributed by atoms with Crippen molar-refractivity contribution in [2.45, 2.75) is 20.3 Å². The van der Waals surface area contributed by atoms with Crippen LogP contribution in [0.4, 0.5) is 0 Å². The molecule has 0 aliphatic heterocycles. The van der Waals surface area contributed by atoms with E-state index in [9.17, 15) is 4.79 Å². The van der Waals surface area contributed by atoms with Crippen LogP contribution in [0, 0.1) is 23.2 Å². The molecule has 1 saturated carbocycles. The summed E-state index contributed by atoms with van der Waals surface area (Å²) in [5, 5.41) is 2.98. The van der Waals surface area contributed by atoms with Crippen molar-refractivity contribution in [1.82, 2.24) is 5.32 Å². The Kier molecular flexibility index (Phi) is 4.54. The summed E-state index contributed by atoms with van der Waals surface area (Å²) in [6.45, 7) is 5.44. The highest BCUT2D eigenvalue weighted by Crippen LogP contribution is 2.50. The molecule has 4 nitrogen and oxygen atoms in total. The monoisotopic (exact) mass is 286 g/mol. The van der Waals surface area contributed by atoms with Gasteiger partial charge in [0, 0.05) is 12.1 Å². The lowest BCUT2D eigenvalue weighted by molar-refractivity contribution is 0.0950. The van der Waals surface area contributed by atoms with Crippen LogP contribution in [0.1, 0.15) is 36.2 Å². The summed E-state index contributed by atoms with van der Waals surface area (Å²) < 4.78 is 5.24. The molecule has 1 aromatic carbocycles. The van der Waals surface area contributed by atoms with Gasteiger partial charge in [-0.3, -0.25) is 4.79 Å². The first kappa shape index (κ1) is 15.4. The van der Waals surface area contributed by atoms with Crippen LogP contribution in [0.5, 0.6) is 5.75 Å². The topological polar surface area (TPSA) is 64.3 Å². The summed E-state index contributed by atoms with van der Waals surface area (Å²) in [5.74, 6) is 6.87. The molecule has 1 unspecified atom stereocenters. The van der Waals surface area contributed by atoms with E-state index in [1.165, 1.54) is 6.42 Å². The van der Waals surface area contributed by atoms with Gasteiger partial charge in [-0.25, -0.2) is 0 Å². The predicted molar refractivity (Wildman–Crippen MR) is 83.1 cm³/mol. The third-order valence-corrected chi connectivity index (χ3v) is 4.01. The highest BCUT2D eigenvalue weighted by molar-refractivity contribution is 5.94. The Bertz CT molecular complexity index is 597. The van der Waals surface area contributed by atoms with E-state index in [1.54, 1.807) is 25.3 Å². The first-order valence-corrected chi connectivity index (χ1v) is 7.13. The summed E-state index contributed by atoms with van der Waals surface area (Å²) in [4.78, 5) is 12.2. The number of benzene rings is 1. The van der Waals surface area contributed by atoms with Crippen molar-refractivity contribution in [3.8, 4) is 17.6 Å². The van der Waals surface area contributed by atoms with Crippen molar-refractivity contribution in [1.29, 1.82) is 0 Å². The third kappa shape index (κ3) is 3.77. The van der Waals surface area contributed by atoms with Crippen LogP contribution in [0.3, 0.4) is 0 Å². The number of carbonyl (C=O) groups is 1. The molecule has 21 heavy (non-hydrogen) atoms. The smallest absolute Gasteiger partial charge is 0.251 e. The maximum atomic E-state index is 12.2. The summed E-state index contributed by atoms with van der Waals surface area (Å²) in [6.07, 6.45) is 1.17. The van der Waals surface area contributed by atoms with Gasteiger partial charge in [0.15, 0.2) is 0 Å². The Morgan fingerprint density at radius 2 is 2.24 bits per heavy atom. The van der Waals surface area contributed by atoms with Gasteiger partial charge in [0.1, 0.15) is 5.75 Å². The number of rotatable bonds is 4. The lowest BCUT2D eigenvalue weighted by Gasteiger charge is -2.09. The number of hydrogen-bond acceptors (Lipinski definition) is 3. The van der Waals surface area contributed by atoms with E-state index in [4.69, 9.17) is 10.5 Å². The molecule has 1 aromatic rings. The standard InChI is InChI=1S/C17H22N2O2/c1-17(2)10-14(17)11-19-16(20)13-6-7-15(21-3)12(9-13)5-4-8-18/h6-7,9,14H,8,10-11,18H2,1-3H3,(H,19,20). The van der Waals surface area contributed by atoms with Crippen LogP contribution >= 0.6 is 0 Å². The average molecular weight is 286 g/mol. The minimum Gasteiger partial charge on any atom is -0.495 e. The van der Waals surface area contributed by atoms with Gasteiger partial charge in [0.2, 0.25) is 0 Å². The Balaban J connectivity index is 2.06. The lowest BCUT2D eigenvalue weighted by Crippen LogP contribution is -2.26. The largest absolute Gasteiger partial charge is 0.495 e. The average Bonchev–Trinajstić information content (AvgIpc) is 3.09. The van der Waals surface area contributed by atoms with Crippen molar-refractivity contribution < 1.29 is 9.53 Å². The summed E-state index contributed by atoms with van der Waals surface area (Å²) in [7, 11) is 1.58. The highest BCUT2D eigenvalue weighted by atomic mass is 16.5. The fourth-order valence-corrected chi connectivity index (χ4v) is 2.34. The van der Waals surface area contributed by atoms with Gasteiger partial charge in [-0.1, -0.05) is 25.7 Å². The summed E-state index contributed by atoms with van der Waals surface area (Å²) in [6, 6.07) is 5.26. The molecule has 1 atom stereocenters. The molecule has 112 valence electrons. The zero-order valence-corrected chi connectivity index (χ0v) is 12.8. The van der Waals surface area contributed by atoms with Crippen LogP contribution in [0.15, 0.2) is 18.2 Å². The Morgan fingerprint density at radius 3 is 2.81 bits per heavy atom. The molecule has 1 aliphatic rings. The van der Waals surface area contributed by atoms with Crippen molar-refractivity contribution in [3.05, 3.63) is 29.3 Å². The van der Waals surface area contributed by atoms with Gasteiger partial charge in [0.25, 0.3) is 5.91 Å². The van der Waals surface area contributed by atoms with Crippen LogP contribution in [-0.2, 0) is 0 Å². The number of carbonyl (C=O) groups excluding carboxylic acids is 1. The fourth-order valence-electron chi connectivity index (χ4n) is 2.34. The lowest BCUT2D eigenvalue weighted by atomic mass is 10.1. The van der Waals surface area contributed by atoms with Crippen LogP contribution < -0.4 is 15.8 Å². The number of nitrogens with one attached hydrogen (secondary N) is 1. The number of ether oxygens (including phenoxy) is 1. The molecular formula is C17H22N2O2. The molecule has 1 aliphatic carbocycles. The number of methoxy groups -OCH3 is 1. The maximum absolute atomic E-state index is 12.2. The quantitative estimate of drug-likeness (QED) is 0.829. The van der Waals surface area contributed by atoms with Crippen molar-refractivity contribution in [2.75, 3.05) is 20.2 Å². The van der Waals surface area contributed by atoms with Crippen LogP contribution in [0.2, 0.25) is 0 Å². The molecule has 4 heteroatoms. The zero-order valence-electron chi connectivity index (χ0n) is 12.8. The number of hydrogen-bond donors (Lipinski definition) is 2. The van der Waals surface area contributed by atoms with Gasteiger partial charge < -0.3 is 15.8 Å². The number of amides is 1. The second kappa shape index (κ2) is 6.19. The molecule has 1 fully saturated rings. The van der Waals surface area contributed by atoms with E-state index in [-0.39, 0.29) is 12.5 Å². The molecule has 0 heterocycles. The third-order valence-electron chi connectivity index (χ3n) is 4.01. The maximum Gasteiger partial charge on any atom is 0.251 e. The summed E-state index contributed by atoms with van der Waals surface area (Å²) >= 11 is 0. The minimum atomic E-state index is -0.0730. The van der Waals surface area contributed by atoms with E-state index in [0.717, 1.165) is 6.54 Å². The van der Waals surface area contributed by atoms with E-state index < -0.39 is 0 Å². The molecule has 0 saturated heterocycles. The Labute approximate surface area is 126 Å². The van der Waals surface area contributed by atoms with Gasteiger partial charge in [-0.15, -0.1) is 0 Å².